The third-order valence-corrected chi connectivity index (χ3v) is 4.40. The van der Waals surface area contributed by atoms with Crippen molar-refractivity contribution in [3.05, 3.63) is 23.8 Å². The summed E-state index contributed by atoms with van der Waals surface area (Å²) in [5.74, 6) is 0.663. The van der Waals surface area contributed by atoms with Gasteiger partial charge in [-0.1, -0.05) is 64.4 Å². The van der Waals surface area contributed by atoms with Crippen LogP contribution in [0.1, 0.15) is 76.7 Å². The predicted molar refractivity (Wildman–Crippen MR) is 96.2 cm³/mol. The first kappa shape index (κ1) is 19.8. The van der Waals surface area contributed by atoms with Gasteiger partial charge in [-0.25, -0.2) is 0 Å². The molecular weight excluding hydrogens is 288 g/mol. The lowest BCUT2D eigenvalue weighted by Crippen LogP contribution is -2.07. The van der Waals surface area contributed by atoms with Crippen LogP contribution in [0.15, 0.2) is 18.2 Å². The van der Waals surface area contributed by atoms with E-state index in [4.69, 9.17) is 4.74 Å². The van der Waals surface area contributed by atoms with Gasteiger partial charge in [0.2, 0.25) is 0 Å². The molecular formula is C20H34O3. The molecule has 0 amide bonds. The highest BCUT2D eigenvalue weighted by molar-refractivity contribution is 5.41. The second kappa shape index (κ2) is 12.2. The smallest absolute Gasteiger partial charge is 0.160 e. The number of aryl methyl sites for hydroxylation is 1. The van der Waals surface area contributed by atoms with Crippen LogP contribution in [0, 0.1) is 0 Å². The molecule has 23 heavy (non-hydrogen) atoms. The maximum absolute atomic E-state index is 10.1. The number of aliphatic hydroxyl groups excluding tert-OH is 1. The van der Waals surface area contributed by atoms with Crippen LogP contribution < -0.4 is 4.74 Å². The molecule has 0 saturated carbocycles. The van der Waals surface area contributed by atoms with Gasteiger partial charge >= 0.3 is 0 Å². The van der Waals surface area contributed by atoms with E-state index >= 15 is 0 Å². The molecule has 0 fully saturated rings. The number of hydrogen-bond acceptors (Lipinski definition) is 3. The van der Waals surface area contributed by atoms with Crippen LogP contribution in [0.25, 0.3) is 0 Å². The van der Waals surface area contributed by atoms with E-state index < -0.39 is 0 Å². The lowest BCUT2D eigenvalue weighted by molar-refractivity contribution is 0.151. The van der Waals surface area contributed by atoms with Crippen LogP contribution in [0.2, 0.25) is 0 Å². The summed E-state index contributed by atoms with van der Waals surface area (Å²) in [6.07, 6.45) is 12.6. The molecule has 0 bridgehead atoms. The number of ether oxygens (including phenoxy) is 1. The summed E-state index contributed by atoms with van der Waals surface area (Å²) in [4.78, 5) is 0. The van der Waals surface area contributed by atoms with Crippen LogP contribution in [-0.2, 0) is 6.42 Å². The SMILES string of the molecule is CCCCCCCCCCC(O)CCc1ccc(O)c(OC)c1. The van der Waals surface area contributed by atoms with Gasteiger partial charge < -0.3 is 14.9 Å². The molecule has 0 aliphatic heterocycles. The first-order chi connectivity index (χ1) is 11.2. The zero-order valence-electron chi connectivity index (χ0n) is 14.9. The summed E-state index contributed by atoms with van der Waals surface area (Å²) in [7, 11) is 1.55. The lowest BCUT2D eigenvalue weighted by Gasteiger charge is -2.11. The summed E-state index contributed by atoms with van der Waals surface area (Å²) in [5, 5.41) is 19.7. The first-order valence-corrected chi connectivity index (χ1v) is 9.21. The largest absolute Gasteiger partial charge is 0.504 e. The van der Waals surface area contributed by atoms with Crippen molar-refractivity contribution >= 4 is 0 Å². The number of hydrogen-bond donors (Lipinski definition) is 2. The molecule has 0 heterocycles. The van der Waals surface area contributed by atoms with E-state index in [0.29, 0.717) is 5.75 Å². The zero-order valence-corrected chi connectivity index (χ0v) is 14.9. The van der Waals surface area contributed by atoms with Crippen molar-refractivity contribution in [3.8, 4) is 11.5 Å². The fourth-order valence-electron chi connectivity index (χ4n) is 2.87. The Hall–Kier alpha value is -1.22. The third kappa shape index (κ3) is 8.85. The van der Waals surface area contributed by atoms with Crippen molar-refractivity contribution in [1.29, 1.82) is 0 Å². The highest BCUT2D eigenvalue weighted by Crippen LogP contribution is 2.27. The van der Waals surface area contributed by atoms with Crippen LogP contribution >= 0.6 is 0 Å². The van der Waals surface area contributed by atoms with Gasteiger partial charge in [-0.3, -0.25) is 0 Å². The topological polar surface area (TPSA) is 49.7 Å². The van der Waals surface area contributed by atoms with Crippen molar-refractivity contribution in [3.63, 3.8) is 0 Å². The van der Waals surface area contributed by atoms with Crippen LogP contribution in [0.4, 0.5) is 0 Å². The first-order valence-electron chi connectivity index (χ1n) is 9.21. The number of phenolic OH excluding ortho intramolecular Hbond substituents is 1. The second-order valence-corrected chi connectivity index (χ2v) is 6.46. The van der Waals surface area contributed by atoms with Crippen LogP contribution in [0.3, 0.4) is 0 Å². The van der Waals surface area contributed by atoms with E-state index in [1.807, 2.05) is 12.1 Å². The number of rotatable bonds is 13. The molecule has 1 rings (SSSR count). The highest BCUT2D eigenvalue weighted by atomic mass is 16.5. The van der Waals surface area contributed by atoms with E-state index in [9.17, 15) is 10.2 Å². The fourth-order valence-corrected chi connectivity index (χ4v) is 2.87. The molecule has 132 valence electrons. The van der Waals surface area contributed by atoms with Gasteiger partial charge in [-0.2, -0.15) is 0 Å². The summed E-state index contributed by atoms with van der Waals surface area (Å²) >= 11 is 0. The summed E-state index contributed by atoms with van der Waals surface area (Å²) < 4.78 is 5.11. The van der Waals surface area contributed by atoms with Gasteiger partial charge in [-0.05, 0) is 37.0 Å². The highest BCUT2D eigenvalue weighted by Gasteiger charge is 2.07. The Kier molecular flexibility index (Phi) is 10.5. The molecule has 1 aromatic carbocycles. The van der Waals surface area contributed by atoms with Crippen molar-refractivity contribution in [2.45, 2.75) is 83.7 Å². The number of unbranched alkanes of at least 4 members (excludes halogenated alkanes) is 7. The standard InChI is InChI=1S/C20H34O3/c1-3-4-5-6-7-8-9-10-11-18(21)14-12-17-13-15-19(22)20(16-17)23-2/h13,15-16,18,21-22H,3-12,14H2,1-2H3. The summed E-state index contributed by atoms with van der Waals surface area (Å²) in [6.45, 7) is 2.25. The Labute approximate surface area is 141 Å². The van der Waals surface area contributed by atoms with E-state index in [-0.39, 0.29) is 11.9 Å². The van der Waals surface area contributed by atoms with Gasteiger partial charge in [0.1, 0.15) is 0 Å². The van der Waals surface area contributed by atoms with Gasteiger partial charge in [0.05, 0.1) is 13.2 Å². The van der Waals surface area contributed by atoms with Crippen LogP contribution in [0.5, 0.6) is 11.5 Å². The Morgan fingerprint density at radius 1 is 0.957 bits per heavy atom. The average Bonchev–Trinajstić information content (AvgIpc) is 2.56. The molecule has 1 aromatic rings. The normalized spacial score (nSPS) is 12.3. The summed E-state index contributed by atoms with van der Waals surface area (Å²) in [6, 6.07) is 5.39. The third-order valence-electron chi connectivity index (χ3n) is 4.40. The Balaban J connectivity index is 2.09. The number of aliphatic hydroxyl groups is 1. The molecule has 0 aliphatic carbocycles. The zero-order chi connectivity index (χ0) is 16.9. The maximum Gasteiger partial charge on any atom is 0.160 e. The Bertz CT molecular complexity index is 417. The minimum Gasteiger partial charge on any atom is -0.504 e. The molecule has 0 radical (unpaired) electrons. The van der Waals surface area contributed by atoms with E-state index in [1.54, 1.807) is 13.2 Å². The molecule has 3 nitrogen and oxygen atoms in total. The minimum atomic E-state index is -0.227. The van der Waals surface area contributed by atoms with Crippen molar-refractivity contribution in [2.24, 2.45) is 0 Å². The monoisotopic (exact) mass is 322 g/mol. The number of benzene rings is 1. The van der Waals surface area contributed by atoms with Crippen LogP contribution in [-0.4, -0.2) is 23.4 Å². The number of methoxy groups -OCH3 is 1. The van der Waals surface area contributed by atoms with Gasteiger partial charge in [-0.15, -0.1) is 0 Å². The van der Waals surface area contributed by atoms with E-state index in [1.165, 1.54) is 44.9 Å². The fraction of sp³-hybridized carbons (Fsp3) is 0.700. The van der Waals surface area contributed by atoms with Crippen molar-refractivity contribution < 1.29 is 14.9 Å². The minimum absolute atomic E-state index is 0.163. The Morgan fingerprint density at radius 2 is 1.61 bits per heavy atom. The molecule has 0 spiro atoms. The number of phenols is 1. The average molecular weight is 322 g/mol. The maximum atomic E-state index is 10.1. The lowest BCUT2D eigenvalue weighted by atomic mass is 10.0. The van der Waals surface area contributed by atoms with Gasteiger partial charge in [0, 0.05) is 0 Å². The van der Waals surface area contributed by atoms with E-state index in [2.05, 4.69) is 6.92 Å². The Morgan fingerprint density at radius 3 is 2.26 bits per heavy atom. The van der Waals surface area contributed by atoms with E-state index in [0.717, 1.165) is 31.2 Å². The number of aromatic hydroxyl groups is 1. The summed E-state index contributed by atoms with van der Waals surface area (Å²) in [5.41, 5.74) is 1.09. The predicted octanol–water partition coefficient (Wildman–Crippen LogP) is 5.23. The van der Waals surface area contributed by atoms with Crippen molar-refractivity contribution in [2.75, 3.05) is 7.11 Å². The molecule has 0 aromatic heterocycles. The van der Waals surface area contributed by atoms with Gasteiger partial charge in [0.25, 0.3) is 0 Å². The molecule has 1 atom stereocenters. The molecule has 0 saturated heterocycles. The molecule has 1 unspecified atom stereocenters. The second-order valence-electron chi connectivity index (χ2n) is 6.46. The molecule has 2 N–H and O–H groups in total. The van der Waals surface area contributed by atoms with Crippen molar-refractivity contribution in [1.82, 2.24) is 0 Å². The molecule has 3 heteroatoms. The quantitative estimate of drug-likeness (QED) is 0.489. The van der Waals surface area contributed by atoms with Gasteiger partial charge in [0.15, 0.2) is 11.5 Å². The molecule has 0 aliphatic rings.